The third-order valence-electron chi connectivity index (χ3n) is 5.20. The minimum absolute atomic E-state index is 0.292. The first-order chi connectivity index (χ1) is 16.5. The van der Waals surface area contributed by atoms with Crippen LogP contribution in [0.4, 0.5) is 5.69 Å². The Morgan fingerprint density at radius 1 is 1.12 bits per heavy atom. The number of hydrazine groups is 1. The van der Waals surface area contributed by atoms with E-state index >= 15 is 0 Å². The van der Waals surface area contributed by atoms with Gasteiger partial charge in [0.15, 0.2) is 6.17 Å². The number of halogens is 1. The highest BCUT2D eigenvalue weighted by molar-refractivity contribution is 9.10. The first-order valence-corrected chi connectivity index (χ1v) is 11.6. The molecule has 7 nitrogen and oxygen atoms in total. The molecule has 0 aliphatic carbocycles. The molecule has 3 aromatic carbocycles. The molecule has 174 valence electrons. The zero-order valence-corrected chi connectivity index (χ0v) is 20.2. The lowest BCUT2D eigenvalue weighted by atomic mass is 10.0. The standard InChI is InChI=1S/C26H24BrN3O4/c1-3-15-34-23-14-13-17(27)16-20(23)24-28-21-11-7-5-9-18(21)26(32)30(24)29-25(31)19-10-6-8-12-22(19)33-4-2/h3,5-14,16,24,28H,1,4,15H2,2H3,(H,29,31). The first-order valence-electron chi connectivity index (χ1n) is 10.8. The van der Waals surface area contributed by atoms with E-state index in [0.717, 1.165) is 4.47 Å². The van der Waals surface area contributed by atoms with Crippen LogP contribution in [0.25, 0.3) is 0 Å². The summed E-state index contributed by atoms with van der Waals surface area (Å²) in [4.78, 5) is 26.9. The summed E-state index contributed by atoms with van der Waals surface area (Å²) < 4.78 is 12.3. The fourth-order valence-corrected chi connectivity index (χ4v) is 4.08. The van der Waals surface area contributed by atoms with Crippen LogP contribution < -0.4 is 20.2 Å². The molecular formula is C26H24BrN3O4. The summed E-state index contributed by atoms with van der Waals surface area (Å²) >= 11 is 3.50. The van der Waals surface area contributed by atoms with Crippen molar-refractivity contribution in [1.29, 1.82) is 0 Å². The van der Waals surface area contributed by atoms with E-state index in [9.17, 15) is 9.59 Å². The molecule has 8 heteroatoms. The molecule has 2 amide bonds. The molecule has 1 atom stereocenters. The third kappa shape index (κ3) is 4.77. The van der Waals surface area contributed by atoms with Crippen molar-refractivity contribution in [2.45, 2.75) is 13.1 Å². The summed E-state index contributed by atoms with van der Waals surface area (Å²) in [6.07, 6.45) is 0.910. The predicted octanol–water partition coefficient (Wildman–Crippen LogP) is 5.32. The average molecular weight is 522 g/mol. The van der Waals surface area contributed by atoms with E-state index in [-0.39, 0.29) is 5.91 Å². The Bertz CT molecular complexity index is 1230. The van der Waals surface area contributed by atoms with Gasteiger partial charge in [-0.1, -0.05) is 52.9 Å². The number of ether oxygens (including phenoxy) is 2. The maximum absolute atomic E-state index is 13.6. The highest BCUT2D eigenvalue weighted by Gasteiger charge is 2.36. The van der Waals surface area contributed by atoms with E-state index in [4.69, 9.17) is 9.47 Å². The lowest BCUT2D eigenvalue weighted by Crippen LogP contribution is -2.53. The predicted molar refractivity (Wildman–Crippen MR) is 134 cm³/mol. The molecule has 1 unspecified atom stereocenters. The first kappa shape index (κ1) is 23.4. The van der Waals surface area contributed by atoms with Gasteiger partial charge in [-0.2, -0.15) is 0 Å². The molecule has 1 heterocycles. The number of benzene rings is 3. The lowest BCUT2D eigenvalue weighted by Gasteiger charge is -2.38. The van der Waals surface area contributed by atoms with Gasteiger partial charge < -0.3 is 14.8 Å². The quantitative estimate of drug-likeness (QED) is 0.392. The summed E-state index contributed by atoms with van der Waals surface area (Å²) in [5, 5.41) is 4.65. The van der Waals surface area contributed by atoms with Crippen LogP contribution in [0.5, 0.6) is 11.5 Å². The molecule has 0 radical (unpaired) electrons. The number of carbonyl (C=O) groups excluding carboxylic acids is 2. The van der Waals surface area contributed by atoms with E-state index < -0.39 is 12.1 Å². The van der Waals surface area contributed by atoms with Crippen molar-refractivity contribution in [3.63, 3.8) is 0 Å². The number of rotatable bonds is 8. The van der Waals surface area contributed by atoms with Crippen molar-refractivity contribution in [3.8, 4) is 11.5 Å². The maximum Gasteiger partial charge on any atom is 0.276 e. The Hall–Kier alpha value is -3.78. The van der Waals surface area contributed by atoms with Crippen molar-refractivity contribution in [3.05, 3.63) is 101 Å². The molecule has 0 spiro atoms. The zero-order chi connectivity index (χ0) is 24.1. The second-order valence-electron chi connectivity index (χ2n) is 7.42. The van der Waals surface area contributed by atoms with Gasteiger partial charge in [0, 0.05) is 15.7 Å². The molecule has 34 heavy (non-hydrogen) atoms. The van der Waals surface area contributed by atoms with E-state index in [1.165, 1.54) is 5.01 Å². The molecule has 1 aliphatic rings. The third-order valence-corrected chi connectivity index (χ3v) is 5.70. The van der Waals surface area contributed by atoms with Crippen molar-refractivity contribution in [2.75, 3.05) is 18.5 Å². The summed E-state index contributed by atoms with van der Waals surface area (Å²) in [5.41, 5.74) is 4.88. The van der Waals surface area contributed by atoms with Crippen molar-refractivity contribution in [2.24, 2.45) is 0 Å². The van der Waals surface area contributed by atoms with Gasteiger partial charge in [0.2, 0.25) is 0 Å². The SMILES string of the molecule is C=CCOc1ccc(Br)cc1C1Nc2ccccc2C(=O)N1NC(=O)c1ccccc1OCC. The van der Waals surface area contributed by atoms with Crippen LogP contribution in [-0.4, -0.2) is 30.0 Å². The number of para-hydroxylation sites is 2. The van der Waals surface area contributed by atoms with Crippen molar-refractivity contribution >= 4 is 33.4 Å². The number of carbonyl (C=O) groups is 2. The zero-order valence-electron chi connectivity index (χ0n) is 18.6. The van der Waals surface area contributed by atoms with Crippen LogP contribution in [0.2, 0.25) is 0 Å². The minimum atomic E-state index is -0.733. The molecular weight excluding hydrogens is 498 g/mol. The molecule has 0 aromatic heterocycles. The van der Waals surface area contributed by atoms with E-state index in [1.54, 1.807) is 48.5 Å². The number of nitrogens with zero attached hydrogens (tertiary/aromatic N) is 1. The molecule has 0 saturated heterocycles. The summed E-state index contributed by atoms with van der Waals surface area (Å²) in [6.45, 7) is 6.25. The normalized spacial score (nSPS) is 14.6. The number of amides is 2. The maximum atomic E-state index is 13.6. The highest BCUT2D eigenvalue weighted by Crippen LogP contribution is 2.37. The summed E-state index contributed by atoms with van der Waals surface area (Å²) in [6, 6.07) is 19.6. The Labute approximate surface area is 206 Å². The van der Waals surface area contributed by atoms with Crippen molar-refractivity contribution < 1.29 is 19.1 Å². The van der Waals surface area contributed by atoms with Crippen LogP contribution in [0, 0.1) is 0 Å². The average Bonchev–Trinajstić information content (AvgIpc) is 2.85. The largest absolute Gasteiger partial charge is 0.493 e. The summed E-state index contributed by atoms with van der Waals surface area (Å²) in [7, 11) is 0. The van der Waals surface area contributed by atoms with Gasteiger partial charge in [0.25, 0.3) is 11.8 Å². The Morgan fingerprint density at radius 2 is 1.88 bits per heavy atom. The molecule has 4 rings (SSSR count). The van der Waals surface area contributed by atoms with Gasteiger partial charge >= 0.3 is 0 Å². The van der Waals surface area contributed by atoms with Gasteiger partial charge in [-0.05, 0) is 49.4 Å². The molecule has 3 aromatic rings. The second-order valence-corrected chi connectivity index (χ2v) is 8.34. The minimum Gasteiger partial charge on any atom is -0.493 e. The Balaban J connectivity index is 1.76. The summed E-state index contributed by atoms with van der Waals surface area (Å²) in [5.74, 6) is 0.180. The smallest absolute Gasteiger partial charge is 0.276 e. The number of anilines is 1. The Morgan fingerprint density at radius 3 is 2.68 bits per heavy atom. The number of hydrogen-bond donors (Lipinski definition) is 2. The monoisotopic (exact) mass is 521 g/mol. The molecule has 0 saturated carbocycles. The van der Waals surface area contributed by atoms with Crippen LogP contribution >= 0.6 is 15.9 Å². The molecule has 2 N–H and O–H groups in total. The molecule has 1 aliphatic heterocycles. The van der Waals surface area contributed by atoms with Gasteiger partial charge in [0.1, 0.15) is 18.1 Å². The van der Waals surface area contributed by atoms with Gasteiger partial charge in [-0.15, -0.1) is 0 Å². The fourth-order valence-electron chi connectivity index (χ4n) is 3.70. The van der Waals surface area contributed by atoms with Crippen LogP contribution in [0.1, 0.15) is 39.4 Å². The Kier molecular flexibility index (Phi) is 7.18. The highest BCUT2D eigenvalue weighted by atomic mass is 79.9. The van der Waals surface area contributed by atoms with Crippen LogP contribution in [-0.2, 0) is 0 Å². The van der Waals surface area contributed by atoms with E-state index in [1.807, 2.05) is 31.2 Å². The number of nitrogens with one attached hydrogen (secondary N) is 2. The lowest BCUT2D eigenvalue weighted by molar-refractivity contribution is 0.0486. The van der Waals surface area contributed by atoms with E-state index in [0.29, 0.717) is 47.1 Å². The van der Waals surface area contributed by atoms with Crippen molar-refractivity contribution in [1.82, 2.24) is 10.4 Å². The number of fused-ring (bicyclic) bond motifs is 1. The molecule has 0 bridgehead atoms. The number of hydrogen-bond acceptors (Lipinski definition) is 5. The van der Waals surface area contributed by atoms with Gasteiger partial charge in [-0.25, -0.2) is 5.01 Å². The van der Waals surface area contributed by atoms with Crippen LogP contribution in [0.15, 0.2) is 83.9 Å². The fraction of sp³-hybridized carbons (Fsp3) is 0.154. The van der Waals surface area contributed by atoms with Gasteiger partial charge in [-0.3, -0.25) is 15.0 Å². The van der Waals surface area contributed by atoms with E-state index in [2.05, 4.69) is 33.3 Å². The molecule has 0 fully saturated rings. The van der Waals surface area contributed by atoms with Crippen LogP contribution in [0.3, 0.4) is 0 Å². The second kappa shape index (κ2) is 10.4. The topological polar surface area (TPSA) is 79.9 Å². The van der Waals surface area contributed by atoms with Gasteiger partial charge in [0.05, 0.1) is 17.7 Å².